The van der Waals surface area contributed by atoms with Crippen LogP contribution in [0, 0.1) is 0 Å². The van der Waals surface area contributed by atoms with E-state index in [1.54, 1.807) is 6.92 Å². The lowest BCUT2D eigenvalue weighted by Gasteiger charge is -2.11. The van der Waals surface area contributed by atoms with Gasteiger partial charge in [-0.1, -0.05) is 0 Å². The summed E-state index contributed by atoms with van der Waals surface area (Å²) in [5, 5.41) is 0. The third kappa shape index (κ3) is 4.77. The summed E-state index contributed by atoms with van der Waals surface area (Å²) < 4.78 is 33.4. The number of hydrogen-bond acceptors (Lipinski definition) is 4. The molecular formula is C13H13ClF2O4. The molecule has 0 aliphatic carbocycles. The first-order valence-corrected chi connectivity index (χ1v) is 6.33. The summed E-state index contributed by atoms with van der Waals surface area (Å²) in [6.07, 6.45) is -0.155. The molecule has 4 nitrogen and oxygen atoms in total. The number of carbonyl (C=O) groups is 2. The van der Waals surface area contributed by atoms with Crippen molar-refractivity contribution in [2.75, 3.05) is 12.5 Å². The predicted octanol–water partition coefficient (Wildman–Crippen LogP) is 2.82. The lowest BCUT2D eigenvalue weighted by molar-refractivity contribution is -0.116. The highest BCUT2D eigenvalue weighted by atomic mass is 35.5. The first kappa shape index (κ1) is 16.4. The van der Waals surface area contributed by atoms with Gasteiger partial charge >= 0.3 is 12.6 Å². The molecule has 0 radical (unpaired) electrons. The second-order valence-corrected chi connectivity index (χ2v) is 4.03. The van der Waals surface area contributed by atoms with E-state index in [2.05, 4.69) is 4.74 Å². The van der Waals surface area contributed by atoms with Crippen molar-refractivity contribution in [3.05, 3.63) is 29.3 Å². The van der Waals surface area contributed by atoms with E-state index in [-0.39, 0.29) is 41.6 Å². The molecule has 0 spiro atoms. The number of Topliss-reactive ketones (excluding diaryl/α,β-unsaturated/α-hetero) is 1. The molecule has 0 fully saturated rings. The van der Waals surface area contributed by atoms with Gasteiger partial charge in [-0.2, -0.15) is 8.78 Å². The van der Waals surface area contributed by atoms with Gasteiger partial charge in [-0.05, 0) is 30.7 Å². The van der Waals surface area contributed by atoms with Gasteiger partial charge in [0.2, 0.25) is 0 Å². The highest BCUT2D eigenvalue weighted by molar-refractivity contribution is 6.27. The van der Waals surface area contributed by atoms with Crippen molar-refractivity contribution in [3.8, 4) is 5.75 Å². The molecule has 0 amide bonds. The molecule has 110 valence electrons. The molecular weight excluding hydrogens is 294 g/mol. The van der Waals surface area contributed by atoms with Crippen molar-refractivity contribution in [2.45, 2.75) is 20.0 Å². The molecule has 7 heteroatoms. The van der Waals surface area contributed by atoms with Crippen LogP contribution in [-0.4, -0.2) is 30.9 Å². The number of ketones is 1. The topological polar surface area (TPSA) is 52.6 Å². The maximum Gasteiger partial charge on any atom is 0.387 e. The third-order valence-corrected chi connectivity index (χ3v) is 2.63. The fourth-order valence-corrected chi connectivity index (χ4v) is 1.65. The van der Waals surface area contributed by atoms with Crippen LogP contribution < -0.4 is 4.74 Å². The maximum atomic E-state index is 12.2. The molecule has 0 bridgehead atoms. The molecule has 20 heavy (non-hydrogen) atoms. The van der Waals surface area contributed by atoms with Crippen molar-refractivity contribution in [1.29, 1.82) is 0 Å². The molecule has 1 rings (SSSR count). The van der Waals surface area contributed by atoms with E-state index >= 15 is 0 Å². The summed E-state index contributed by atoms with van der Waals surface area (Å²) in [7, 11) is 0. The Morgan fingerprint density at radius 2 is 2.05 bits per heavy atom. The summed E-state index contributed by atoms with van der Waals surface area (Å²) in [5.74, 6) is -1.34. The number of carbonyl (C=O) groups excluding carboxylic acids is 2. The summed E-state index contributed by atoms with van der Waals surface area (Å²) in [6, 6.07) is 3.71. The monoisotopic (exact) mass is 306 g/mol. The summed E-state index contributed by atoms with van der Waals surface area (Å²) in [4.78, 5) is 23.1. The summed E-state index contributed by atoms with van der Waals surface area (Å²) in [6.45, 7) is -1.19. The fraction of sp³-hybridized carbons (Fsp3) is 0.385. The average Bonchev–Trinajstić information content (AvgIpc) is 2.38. The minimum atomic E-state index is -2.99. The number of rotatable bonds is 7. The van der Waals surface area contributed by atoms with Gasteiger partial charge in [-0.25, -0.2) is 4.79 Å². The zero-order valence-electron chi connectivity index (χ0n) is 10.7. The van der Waals surface area contributed by atoms with E-state index in [4.69, 9.17) is 16.3 Å². The Labute approximate surface area is 119 Å². The number of alkyl halides is 3. The van der Waals surface area contributed by atoms with Crippen LogP contribution in [0.5, 0.6) is 5.75 Å². The highest BCUT2D eigenvalue weighted by Gasteiger charge is 2.17. The highest BCUT2D eigenvalue weighted by Crippen LogP contribution is 2.21. The molecule has 1 aromatic carbocycles. The number of benzene rings is 1. The number of esters is 1. The van der Waals surface area contributed by atoms with E-state index in [1.807, 2.05) is 0 Å². The molecule has 0 saturated carbocycles. The van der Waals surface area contributed by atoms with E-state index in [1.165, 1.54) is 18.2 Å². The predicted molar refractivity (Wildman–Crippen MR) is 68.5 cm³/mol. The molecule has 0 unspecified atom stereocenters. The number of hydrogen-bond donors (Lipinski definition) is 0. The van der Waals surface area contributed by atoms with E-state index < -0.39 is 12.6 Å². The standard InChI is InChI=1S/C13H13ClF2O4/c1-2-19-12(18)11-4-3-10(20-13(15)16)6-8(11)5-9(17)7-14/h3-4,6,13H,2,5,7H2,1H3. The van der Waals surface area contributed by atoms with Gasteiger partial charge in [0.1, 0.15) is 5.75 Å². The van der Waals surface area contributed by atoms with E-state index in [9.17, 15) is 18.4 Å². The van der Waals surface area contributed by atoms with Gasteiger partial charge in [-0.15, -0.1) is 11.6 Å². The Kier molecular flexibility index (Phi) is 6.38. The summed E-state index contributed by atoms with van der Waals surface area (Å²) >= 11 is 5.40. The van der Waals surface area contributed by atoms with Gasteiger partial charge in [0, 0.05) is 6.42 Å². The quantitative estimate of drug-likeness (QED) is 0.574. The Hall–Kier alpha value is -1.69. The molecule has 0 N–H and O–H groups in total. The molecule has 0 aromatic heterocycles. The van der Waals surface area contributed by atoms with Crippen LogP contribution in [0.25, 0.3) is 0 Å². The Morgan fingerprint density at radius 1 is 1.35 bits per heavy atom. The van der Waals surface area contributed by atoms with Crippen LogP contribution in [-0.2, 0) is 16.0 Å². The van der Waals surface area contributed by atoms with Gasteiger partial charge in [0.05, 0.1) is 18.1 Å². The smallest absolute Gasteiger partial charge is 0.387 e. The Balaban J connectivity index is 3.08. The molecule has 0 heterocycles. The number of ether oxygens (including phenoxy) is 2. The lowest BCUT2D eigenvalue weighted by Crippen LogP contribution is -2.13. The average molecular weight is 307 g/mol. The Morgan fingerprint density at radius 3 is 2.60 bits per heavy atom. The first-order chi connectivity index (χ1) is 9.47. The van der Waals surface area contributed by atoms with Crippen molar-refractivity contribution >= 4 is 23.4 Å². The third-order valence-electron chi connectivity index (χ3n) is 2.33. The van der Waals surface area contributed by atoms with E-state index in [0.29, 0.717) is 0 Å². The second-order valence-electron chi connectivity index (χ2n) is 3.77. The zero-order valence-corrected chi connectivity index (χ0v) is 11.5. The SMILES string of the molecule is CCOC(=O)c1ccc(OC(F)F)cc1CC(=O)CCl. The van der Waals surface area contributed by atoms with Crippen LogP contribution in [0.15, 0.2) is 18.2 Å². The van der Waals surface area contributed by atoms with Crippen molar-refractivity contribution in [2.24, 2.45) is 0 Å². The van der Waals surface area contributed by atoms with E-state index in [0.717, 1.165) is 0 Å². The minimum absolute atomic E-state index is 0.131. The van der Waals surface area contributed by atoms with Gasteiger partial charge in [-0.3, -0.25) is 4.79 Å². The first-order valence-electron chi connectivity index (χ1n) is 5.80. The molecule has 1 aromatic rings. The van der Waals surface area contributed by atoms with Crippen LogP contribution in [0.2, 0.25) is 0 Å². The Bertz CT molecular complexity index is 491. The molecule has 0 aliphatic rings. The lowest BCUT2D eigenvalue weighted by atomic mass is 10.0. The van der Waals surface area contributed by atoms with Crippen LogP contribution in [0.4, 0.5) is 8.78 Å². The molecule has 0 saturated heterocycles. The van der Waals surface area contributed by atoms with Crippen molar-refractivity contribution < 1.29 is 27.8 Å². The zero-order chi connectivity index (χ0) is 15.1. The number of halogens is 3. The second kappa shape index (κ2) is 7.79. The van der Waals surface area contributed by atoms with Crippen LogP contribution >= 0.6 is 11.6 Å². The van der Waals surface area contributed by atoms with Crippen LogP contribution in [0.3, 0.4) is 0 Å². The minimum Gasteiger partial charge on any atom is -0.462 e. The largest absolute Gasteiger partial charge is 0.462 e. The van der Waals surface area contributed by atoms with Gasteiger partial charge in [0.25, 0.3) is 0 Å². The normalized spacial score (nSPS) is 10.4. The molecule has 0 aliphatic heterocycles. The van der Waals surface area contributed by atoms with Crippen LogP contribution in [0.1, 0.15) is 22.8 Å². The van der Waals surface area contributed by atoms with Gasteiger partial charge < -0.3 is 9.47 Å². The maximum absolute atomic E-state index is 12.2. The molecule has 0 atom stereocenters. The summed E-state index contributed by atoms with van der Waals surface area (Å²) in [5.41, 5.74) is 0.374. The van der Waals surface area contributed by atoms with Crippen molar-refractivity contribution in [3.63, 3.8) is 0 Å². The van der Waals surface area contributed by atoms with Gasteiger partial charge in [0.15, 0.2) is 5.78 Å². The fourth-order valence-electron chi connectivity index (χ4n) is 1.56. The van der Waals surface area contributed by atoms with Crippen molar-refractivity contribution in [1.82, 2.24) is 0 Å².